The Kier molecular flexibility index (Phi) is 6.99. The Morgan fingerprint density at radius 3 is 2.42 bits per heavy atom. The summed E-state index contributed by atoms with van der Waals surface area (Å²) in [6.45, 7) is 5.86. The Balaban J connectivity index is 0.00000288. The molecule has 0 fully saturated rings. The first-order chi connectivity index (χ1) is 10.8. The first-order valence-corrected chi connectivity index (χ1v) is 8.72. The van der Waals surface area contributed by atoms with Crippen LogP contribution in [0.15, 0.2) is 48.5 Å². The second-order valence-electron chi connectivity index (χ2n) is 6.38. The SMILES string of the molecule is CC(C)(C)S(=O)Cc1cccc(NC(=O)c2cccc(N)c2)c1.Cl. The van der Waals surface area contributed by atoms with E-state index in [1.165, 1.54) is 0 Å². The van der Waals surface area contributed by atoms with Gasteiger partial charge in [0.05, 0.1) is 0 Å². The van der Waals surface area contributed by atoms with Crippen LogP contribution in [0.2, 0.25) is 0 Å². The van der Waals surface area contributed by atoms with Crippen LogP contribution in [0.5, 0.6) is 0 Å². The van der Waals surface area contributed by atoms with Crippen LogP contribution >= 0.6 is 12.4 Å². The number of halogens is 1. The smallest absolute Gasteiger partial charge is 0.255 e. The molecule has 0 radical (unpaired) electrons. The van der Waals surface area contributed by atoms with E-state index in [-0.39, 0.29) is 23.1 Å². The molecule has 0 aliphatic heterocycles. The van der Waals surface area contributed by atoms with E-state index < -0.39 is 10.8 Å². The highest BCUT2D eigenvalue weighted by atomic mass is 35.5. The van der Waals surface area contributed by atoms with E-state index in [1.807, 2.05) is 45.0 Å². The van der Waals surface area contributed by atoms with Gasteiger partial charge >= 0.3 is 0 Å². The normalized spacial score (nSPS) is 12.1. The molecule has 0 spiro atoms. The van der Waals surface area contributed by atoms with Crippen LogP contribution in [0, 0.1) is 0 Å². The van der Waals surface area contributed by atoms with Crippen LogP contribution in [0.25, 0.3) is 0 Å². The zero-order valence-corrected chi connectivity index (χ0v) is 15.7. The van der Waals surface area contributed by atoms with Crippen LogP contribution in [-0.4, -0.2) is 14.9 Å². The standard InChI is InChI=1S/C18H22N2O2S.ClH/c1-18(2,3)23(22)12-13-6-4-9-16(10-13)20-17(21)14-7-5-8-15(19)11-14;/h4-11H,12,19H2,1-3H3,(H,20,21);1H. The molecule has 3 N–H and O–H groups in total. The summed E-state index contributed by atoms with van der Waals surface area (Å²) >= 11 is 0. The van der Waals surface area contributed by atoms with Crippen LogP contribution < -0.4 is 11.1 Å². The molecule has 130 valence electrons. The summed E-state index contributed by atoms with van der Waals surface area (Å²) < 4.78 is 12.0. The lowest BCUT2D eigenvalue weighted by atomic mass is 10.1. The van der Waals surface area contributed by atoms with Gasteiger partial charge in [-0.1, -0.05) is 18.2 Å². The highest BCUT2D eigenvalue weighted by Crippen LogP contribution is 2.19. The van der Waals surface area contributed by atoms with E-state index in [0.717, 1.165) is 5.56 Å². The largest absolute Gasteiger partial charge is 0.399 e. The zero-order valence-electron chi connectivity index (χ0n) is 14.0. The van der Waals surface area contributed by atoms with Crippen molar-refractivity contribution >= 4 is 40.5 Å². The van der Waals surface area contributed by atoms with Gasteiger partial charge in [0.25, 0.3) is 5.91 Å². The van der Waals surface area contributed by atoms with Crippen molar-refractivity contribution in [1.82, 2.24) is 0 Å². The van der Waals surface area contributed by atoms with Gasteiger partial charge in [-0.15, -0.1) is 12.4 Å². The van der Waals surface area contributed by atoms with Crippen LogP contribution in [0.3, 0.4) is 0 Å². The van der Waals surface area contributed by atoms with Crippen molar-refractivity contribution in [2.24, 2.45) is 0 Å². The molecule has 0 heterocycles. The number of anilines is 2. The summed E-state index contributed by atoms with van der Waals surface area (Å²) in [7, 11) is -0.978. The van der Waals surface area contributed by atoms with Gasteiger partial charge in [0.15, 0.2) is 0 Å². The number of nitrogens with two attached hydrogens (primary N) is 1. The predicted molar refractivity (Wildman–Crippen MR) is 104 cm³/mol. The molecule has 0 saturated heterocycles. The zero-order chi connectivity index (χ0) is 17.0. The fourth-order valence-electron chi connectivity index (χ4n) is 1.99. The molecule has 0 aliphatic rings. The van der Waals surface area contributed by atoms with Crippen molar-refractivity contribution in [3.63, 3.8) is 0 Å². The van der Waals surface area contributed by atoms with Crippen molar-refractivity contribution < 1.29 is 9.00 Å². The molecule has 6 heteroatoms. The van der Waals surface area contributed by atoms with E-state index in [1.54, 1.807) is 24.3 Å². The van der Waals surface area contributed by atoms with Gasteiger partial charge in [-0.2, -0.15) is 0 Å². The molecule has 1 atom stereocenters. The maximum Gasteiger partial charge on any atom is 0.255 e. The van der Waals surface area contributed by atoms with Gasteiger partial charge in [0.2, 0.25) is 0 Å². The summed E-state index contributed by atoms with van der Waals surface area (Å²) in [5, 5.41) is 2.84. The molecular formula is C18H23ClN2O2S. The first kappa shape index (κ1) is 20.2. The van der Waals surface area contributed by atoms with Crippen molar-refractivity contribution in [3.8, 4) is 0 Å². The summed E-state index contributed by atoms with van der Waals surface area (Å²) in [5.74, 6) is 0.247. The lowest BCUT2D eigenvalue weighted by molar-refractivity contribution is 0.102. The van der Waals surface area contributed by atoms with Gasteiger partial charge in [-0.25, -0.2) is 0 Å². The quantitative estimate of drug-likeness (QED) is 0.803. The van der Waals surface area contributed by atoms with E-state index in [9.17, 15) is 9.00 Å². The summed E-state index contributed by atoms with van der Waals surface area (Å²) in [5.41, 5.74) is 8.37. The maximum atomic E-state index is 12.2. The number of hydrogen-bond donors (Lipinski definition) is 2. The van der Waals surface area contributed by atoms with Crippen molar-refractivity contribution in [1.29, 1.82) is 0 Å². The van der Waals surface area contributed by atoms with Crippen molar-refractivity contribution in [2.75, 3.05) is 11.1 Å². The molecule has 2 rings (SSSR count). The Morgan fingerprint density at radius 2 is 1.79 bits per heavy atom. The Bertz CT molecular complexity index is 742. The Hall–Kier alpha value is -1.85. The lowest BCUT2D eigenvalue weighted by Gasteiger charge is -2.18. The van der Waals surface area contributed by atoms with E-state index in [2.05, 4.69) is 5.32 Å². The second-order valence-corrected chi connectivity index (χ2v) is 8.59. The molecule has 0 saturated carbocycles. The van der Waals surface area contributed by atoms with Crippen LogP contribution in [-0.2, 0) is 16.6 Å². The number of carbonyl (C=O) groups excluding carboxylic acids is 1. The average Bonchev–Trinajstić information content (AvgIpc) is 2.46. The van der Waals surface area contributed by atoms with Crippen molar-refractivity contribution in [2.45, 2.75) is 31.3 Å². The number of rotatable bonds is 4. The topological polar surface area (TPSA) is 72.2 Å². The van der Waals surface area contributed by atoms with Gasteiger partial charge in [-0.05, 0) is 56.7 Å². The van der Waals surface area contributed by atoms with Crippen LogP contribution in [0.4, 0.5) is 11.4 Å². The first-order valence-electron chi connectivity index (χ1n) is 7.40. The second kappa shape index (κ2) is 8.31. The molecule has 1 amide bonds. The number of carbonyl (C=O) groups is 1. The summed E-state index contributed by atoms with van der Waals surface area (Å²) in [6, 6.07) is 14.3. The molecule has 0 aromatic heterocycles. The number of hydrogen-bond acceptors (Lipinski definition) is 3. The third-order valence-electron chi connectivity index (χ3n) is 3.31. The third kappa shape index (κ3) is 5.65. The Morgan fingerprint density at radius 1 is 1.12 bits per heavy atom. The molecule has 0 aliphatic carbocycles. The minimum Gasteiger partial charge on any atom is -0.399 e. The predicted octanol–water partition coefficient (Wildman–Crippen LogP) is 3.99. The monoisotopic (exact) mass is 366 g/mol. The molecule has 2 aromatic rings. The lowest BCUT2D eigenvalue weighted by Crippen LogP contribution is -2.23. The van der Waals surface area contributed by atoms with Gasteiger partial charge in [0.1, 0.15) is 0 Å². The number of nitrogens with one attached hydrogen (secondary N) is 1. The number of benzene rings is 2. The van der Waals surface area contributed by atoms with Gasteiger partial charge < -0.3 is 11.1 Å². The molecule has 1 unspecified atom stereocenters. The number of nitrogen functional groups attached to an aromatic ring is 1. The van der Waals surface area contributed by atoms with Crippen LogP contribution in [0.1, 0.15) is 36.7 Å². The molecular weight excluding hydrogens is 344 g/mol. The summed E-state index contributed by atoms with van der Waals surface area (Å²) in [4.78, 5) is 12.2. The minimum absolute atomic E-state index is 0. The highest BCUT2D eigenvalue weighted by Gasteiger charge is 2.19. The minimum atomic E-state index is -0.978. The van der Waals surface area contributed by atoms with Crippen molar-refractivity contribution in [3.05, 3.63) is 59.7 Å². The molecule has 2 aromatic carbocycles. The third-order valence-corrected chi connectivity index (χ3v) is 5.28. The summed E-state index contributed by atoms with van der Waals surface area (Å²) in [6.07, 6.45) is 0. The fraction of sp³-hybridized carbons (Fsp3) is 0.278. The maximum absolute atomic E-state index is 12.2. The molecule has 24 heavy (non-hydrogen) atoms. The molecule has 4 nitrogen and oxygen atoms in total. The molecule has 0 bridgehead atoms. The van der Waals surface area contributed by atoms with E-state index >= 15 is 0 Å². The fourth-order valence-corrected chi connectivity index (χ4v) is 2.91. The number of amides is 1. The van der Waals surface area contributed by atoms with Gasteiger partial charge in [-0.3, -0.25) is 9.00 Å². The average molecular weight is 367 g/mol. The highest BCUT2D eigenvalue weighted by molar-refractivity contribution is 7.85. The van der Waals surface area contributed by atoms with E-state index in [4.69, 9.17) is 5.73 Å². The van der Waals surface area contributed by atoms with Gasteiger partial charge in [0, 0.05) is 38.2 Å². The Labute approximate surface area is 151 Å². The van der Waals surface area contributed by atoms with E-state index in [0.29, 0.717) is 22.7 Å².